The van der Waals surface area contributed by atoms with E-state index in [-0.39, 0.29) is 0 Å². The number of hydrogen-bond donors (Lipinski definition) is 0. The molecule has 0 aromatic heterocycles. The molecule has 19 heavy (non-hydrogen) atoms. The van der Waals surface area contributed by atoms with E-state index >= 15 is 0 Å². The Morgan fingerprint density at radius 3 is 2.37 bits per heavy atom. The van der Waals surface area contributed by atoms with E-state index < -0.39 is 11.7 Å². The van der Waals surface area contributed by atoms with Gasteiger partial charge in [-0.15, -0.1) is 0 Å². The first-order valence-electron chi connectivity index (χ1n) is 6.74. The third kappa shape index (κ3) is 4.08. The van der Waals surface area contributed by atoms with Crippen LogP contribution < -0.4 is 0 Å². The summed E-state index contributed by atoms with van der Waals surface area (Å²) in [6.45, 7) is 0.461. The number of benzene rings is 1. The molecule has 0 atom stereocenters. The lowest BCUT2D eigenvalue weighted by atomic mass is 9.98. The van der Waals surface area contributed by atoms with Crippen LogP contribution >= 0.6 is 0 Å². The number of aliphatic imine (C=N–C) groups is 1. The molecule has 1 fully saturated rings. The van der Waals surface area contributed by atoms with Gasteiger partial charge in [-0.05, 0) is 43.7 Å². The monoisotopic (exact) mass is 269 g/mol. The predicted octanol–water partition coefficient (Wildman–Crippen LogP) is 4.65. The number of hydrogen-bond acceptors (Lipinski definition) is 1. The summed E-state index contributed by atoms with van der Waals surface area (Å²) in [5, 5.41) is 0. The van der Waals surface area contributed by atoms with E-state index in [1.807, 2.05) is 0 Å². The summed E-state index contributed by atoms with van der Waals surface area (Å²) < 4.78 is 38.4. The molecule has 0 radical (unpaired) electrons. The van der Waals surface area contributed by atoms with Crippen molar-refractivity contribution in [1.29, 1.82) is 0 Å². The zero-order chi connectivity index (χ0) is 13.7. The Bertz CT molecular complexity index is 441. The van der Waals surface area contributed by atoms with Crippen molar-refractivity contribution < 1.29 is 13.2 Å². The van der Waals surface area contributed by atoms with Crippen LogP contribution in [0.4, 0.5) is 13.2 Å². The third-order valence-corrected chi connectivity index (χ3v) is 3.47. The van der Waals surface area contributed by atoms with Gasteiger partial charge in [0.2, 0.25) is 0 Å². The lowest BCUT2D eigenvalue weighted by Gasteiger charge is -2.14. The Morgan fingerprint density at radius 1 is 1.00 bits per heavy atom. The van der Waals surface area contributed by atoms with Gasteiger partial charge in [-0.1, -0.05) is 24.6 Å². The summed E-state index contributed by atoms with van der Waals surface area (Å²) in [5.74, 6) is 0. The smallest absolute Gasteiger partial charge is 0.294 e. The Morgan fingerprint density at radius 2 is 1.68 bits per heavy atom. The van der Waals surface area contributed by atoms with Crippen molar-refractivity contribution in [2.45, 2.75) is 44.7 Å². The summed E-state index contributed by atoms with van der Waals surface area (Å²) in [6, 6.07) is 5.77. The average Bonchev–Trinajstić information content (AvgIpc) is 2.39. The fourth-order valence-electron chi connectivity index (χ4n) is 2.47. The first kappa shape index (κ1) is 14.1. The van der Waals surface area contributed by atoms with Gasteiger partial charge in [0.1, 0.15) is 0 Å². The topological polar surface area (TPSA) is 12.4 Å². The number of alkyl halides is 3. The highest BCUT2D eigenvalue weighted by molar-refractivity contribution is 5.85. The first-order chi connectivity index (χ1) is 9.07. The Hall–Kier alpha value is -1.32. The molecule has 0 saturated heterocycles. The molecule has 1 aromatic rings. The predicted molar refractivity (Wildman–Crippen MR) is 70.5 cm³/mol. The lowest BCUT2D eigenvalue weighted by Crippen LogP contribution is -2.10. The highest BCUT2D eigenvalue weighted by Gasteiger charge is 2.32. The minimum absolute atomic E-state index is 0.343. The van der Waals surface area contributed by atoms with Crippen LogP contribution in [0, 0.1) is 0 Å². The van der Waals surface area contributed by atoms with Crippen molar-refractivity contribution >= 4 is 5.71 Å². The van der Waals surface area contributed by atoms with Crippen LogP contribution in [-0.2, 0) is 12.6 Å². The molecule has 0 spiro atoms. The van der Waals surface area contributed by atoms with E-state index in [0.29, 0.717) is 18.5 Å². The maximum atomic E-state index is 12.8. The van der Waals surface area contributed by atoms with Gasteiger partial charge in [0.25, 0.3) is 0 Å². The van der Waals surface area contributed by atoms with E-state index in [4.69, 9.17) is 0 Å². The fraction of sp³-hybridized carbons (Fsp3) is 0.533. The van der Waals surface area contributed by atoms with Crippen LogP contribution in [0.5, 0.6) is 0 Å². The molecular formula is C15H18F3N. The Labute approximate surface area is 111 Å². The second kappa shape index (κ2) is 6.22. The van der Waals surface area contributed by atoms with Crippen LogP contribution in [-0.4, -0.2) is 12.3 Å². The molecule has 4 heteroatoms. The minimum atomic E-state index is -4.27. The van der Waals surface area contributed by atoms with E-state index in [9.17, 15) is 13.2 Å². The maximum absolute atomic E-state index is 12.8. The second-order valence-corrected chi connectivity index (χ2v) is 4.91. The third-order valence-electron chi connectivity index (χ3n) is 3.47. The fourth-order valence-corrected chi connectivity index (χ4v) is 2.47. The van der Waals surface area contributed by atoms with Gasteiger partial charge in [-0.25, -0.2) is 0 Å². The standard InChI is InChI=1S/C15H18F3N/c16-15(17,18)14-9-5-4-6-12(14)10-11-19-13-7-2-1-3-8-13/h4-6,9H,1-3,7-8,10-11H2. The molecule has 1 aromatic carbocycles. The van der Waals surface area contributed by atoms with Crippen LogP contribution in [0.25, 0.3) is 0 Å². The molecule has 0 bridgehead atoms. The molecule has 0 aliphatic heterocycles. The van der Waals surface area contributed by atoms with Gasteiger partial charge in [-0.3, -0.25) is 4.99 Å². The largest absolute Gasteiger partial charge is 0.416 e. The van der Waals surface area contributed by atoms with Crippen LogP contribution in [0.1, 0.15) is 43.2 Å². The molecular weight excluding hydrogens is 251 g/mol. The van der Waals surface area contributed by atoms with Crippen molar-refractivity contribution in [3.05, 3.63) is 35.4 Å². The molecule has 104 valence electrons. The van der Waals surface area contributed by atoms with E-state index in [2.05, 4.69) is 4.99 Å². The molecule has 2 rings (SSSR count). The van der Waals surface area contributed by atoms with Crippen LogP contribution in [0.3, 0.4) is 0 Å². The quantitative estimate of drug-likeness (QED) is 0.757. The van der Waals surface area contributed by atoms with E-state index in [1.54, 1.807) is 12.1 Å². The number of rotatable bonds is 3. The van der Waals surface area contributed by atoms with E-state index in [1.165, 1.54) is 18.2 Å². The summed E-state index contributed by atoms with van der Waals surface area (Å²) in [7, 11) is 0. The zero-order valence-electron chi connectivity index (χ0n) is 10.8. The summed E-state index contributed by atoms with van der Waals surface area (Å²) in [5.41, 5.74) is 0.991. The van der Waals surface area contributed by atoms with Gasteiger partial charge < -0.3 is 0 Å². The molecule has 0 unspecified atom stereocenters. The second-order valence-electron chi connectivity index (χ2n) is 4.91. The van der Waals surface area contributed by atoms with Crippen molar-refractivity contribution in [1.82, 2.24) is 0 Å². The highest BCUT2D eigenvalue weighted by atomic mass is 19.4. The zero-order valence-corrected chi connectivity index (χ0v) is 10.8. The first-order valence-corrected chi connectivity index (χ1v) is 6.74. The SMILES string of the molecule is FC(F)(F)c1ccccc1CCN=C1CCCCC1. The van der Waals surface area contributed by atoms with Gasteiger partial charge in [0.15, 0.2) is 0 Å². The summed E-state index contributed by atoms with van der Waals surface area (Å²) in [6.07, 6.45) is 1.70. The van der Waals surface area contributed by atoms with Crippen LogP contribution in [0.2, 0.25) is 0 Å². The van der Waals surface area contributed by atoms with Crippen molar-refractivity contribution in [3.63, 3.8) is 0 Å². The molecule has 0 amide bonds. The maximum Gasteiger partial charge on any atom is 0.416 e. The van der Waals surface area contributed by atoms with Gasteiger partial charge in [0, 0.05) is 12.3 Å². The highest BCUT2D eigenvalue weighted by Crippen LogP contribution is 2.32. The van der Waals surface area contributed by atoms with Gasteiger partial charge in [-0.2, -0.15) is 13.2 Å². The van der Waals surface area contributed by atoms with Gasteiger partial charge in [0.05, 0.1) is 5.56 Å². The van der Waals surface area contributed by atoms with E-state index in [0.717, 1.165) is 31.7 Å². The average molecular weight is 269 g/mol. The number of nitrogens with zero attached hydrogens (tertiary/aromatic N) is 1. The normalized spacial score (nSPS) is 16.5. The summed E-state index contributed by atoms with van der Waals surface area (Å²) >= 11 is 0. The molecule has 1 aliphatic carbocycles. The Kier molecular flexibility index (Phi) is 4.61. The molecule has 1 nitrogen and oxygen atoms in total. The van der Waals surface area contributed by atoms with Crippen molar-refractivity contribution in [3.8, 4) is 0 Å². The van der Waals surface area contributed by atoms with Crippen molar-refractivity contribution in [2.75, 3.05) is 6.54 Å². The Balaban J connectivity index is 1.99. The summed E-state index contributed by atoms with van der Waals surface area (Å²) in [4.78, 5) is 4.45. The number of halogens is 3. The van der Waals surface area contributed by atoms with Gasteiger partial charge >= 0.3 is 6.18 Å². The van der Waals surface area contributed by atoms with Crippen LogP contribution in [0.15, 0.2) is 29.3 Å². The molecule has 1 saturated carbocycles. The molecule has 0 heterocycles. The molecule has 1 aliphatic rings. The minimum Gasteiger partial charge on any atom is -0.294 e. The van der Waals surface area contributed by atoms with Crippen molar-refractivity contribution in [2.24, 2.45) is 4.99 Å². The molecule has 0 N–H and O–H groups in total. The lowest BCUT2D eigenvalue weighted by molar-refractivity contribution is -0.138.